The molecule has 3 N–H and O–H groups in total. The Hall–Kier alpha value is -0.570. The fraction of sp³-hybridized carbons (Fsp3) is 0.933. The first kappa shape index (κ1) is 12.5. The number of nitrogens with two attached hydrogens (primary N) is 1. The van der Waals surface area contributed by atoms with Crippen LogP contribution in [0, 0.1) is 23.7 Å². The Balaban J connectivity index is 1.61. The van der Waals surface area contributed by atoms with Crippen molar-refractivity contribution in [2.75, 3.05) is 0 Å². The number of hydrogen-bond acceptors (Lipinski definition) is 2. The molecule has 0 heterocycles. The second kappa shape index (κ2) is 4.84. The van der Waals surface area contributed by atoms with Gasteiger partial charge in [-0.2, -0.15) is 0 Å². The first-order valence-corrected chi connectivity index (χ1v) is 7.72. The van der Waals surface area contributed by atoms with Crippen molar-refractivity contribution in [3.8, 4) is 0 Å². The zero-order valence-electron chi connectivity index (χ0n) is 11.4. The van der Waals surface area contributed by atoms with Crippen LogP contribution in [0.4, 0.5) is 0 Å². The summed E-state index contributed by atoms with van der Waals surface area (Å²) < 4.78 is 0. The van der Waals surface area contributed by atoms with Crippen LogP contribution in [0.3, 0.4) is 0 Å². The Kier molecular flexibility index (Phi) is 3.35. The molecule has 0 radical (unpaired) electrons. The minimum atomic E-state index is 0.109. The summed E-state index contributed by atoms with van der Waals surface area (Å²) in [6.45, 7) is 2.27. The minimum absolute atomic E-state index is 0.109. The van der Waals surface area contributed by atoms with E-state index >= 15 is 0 Å². The first-order chi connectivity index (χ1) is 8.66. The van der Waals surface area contributed by atoms with Crippen molar-refractivity contribution in [3.63, 3.8) is 0 Å². The van der Waals surface area contributed by atoms with Crippen LogP contribution in [0.5, 0.6) is 0 Å². The van der Waals surface area contributed by atoms with Crippen LogP contribution in [0.2, 0.25) is 0 Å². The molecule has 3 nitrogen and oxygen atoms in total. The molecule has 6 unspecified atom stereocenters. The number of carbonyl (C=O) groups is 1. The van der Waals surface area contributed by atoms with E-state index in [9.17, 15) is 4.79 Å². The van der Waals surface area contributed by atoms with E-state index in [1.807, 2.05) is 0 Å². The van der Waals surface area contributed by atoms with Gasteiger partial charge in [0, 0.05) is 12.1 Å². The average molecular weight is 250 g/mol. The van der Waals surface area contributed by atoms with Gasteiger partial charge in [0.15, 0.2) is 0 Å². The van der Waals surface area contributed by atoms with E-state index in [0.29, 0.717) is 23.8 Å². The zero-order chi connectivity index (χ0) is 12.7. The van der Waals surface area contributed by atoms with E-state index in [-0.39, 0.29) is 17.9 Å². The highest BCUT2D eigenvalue weighted by molar-refractivity contribution is 5.80. The highest BCUT2D eigenvalue weighted by atomic mass is 16.2. The largest absolute Gasteiger partial charge is 0.353 e. The van der Waals surface area contributed by atoms with Crippen molar-refractivity contribution in [2.45, 2.75) is 64.0 Å². The fourth-order valence-electron chi connectivity index (χ4n) is 4.53. The molecule has 0 spiro atoms. The Morgan fingerprint density at radius 2 is 1.83 bits per heavy atom. The summed E-state index contributed by atoms with van der Waals surface area (Å²) in [4.78, 5) is 12.5. The zero-order valence-corrected chi connectivity index (χ0v) is 11.4. The molecule has 3 fully saturated rings. The summed E-state index contributed by atoms with van der Waals surface area (Å²) in [6.07, 6.45) is 8.65. The van der Waals surface area contributed by atoms with Crippen LogP contribution in [0.1, 0.15) is 51.9 Å². The summed E-state index contributed by atoms with van der Waals surface area (Å²) in [5.74, 6) is 2.20. The second-order valence-electron chi connectivity index (χ2n) is 6.81. The van der Waals surface area contributed by atoms with Crippen LogP contribution in [-0.4, -0.2) is 18.0 Å². The molecule has 18 heavy (non-hydrogen) atoms. The van der Waals surface area contributed by atoms with Crippen LogP contribution < -0.4 is 11.1 Å². The molecule has 0 aliphatic heterocycles. The Bertz CT molecular complexity index is 328. The SMILES string of the molecule is CC1CCCCC1NC(=O)C1C2CCC(C2)C1N. The molecular weight excluding hydrogens is 224 g/mol. The third-order valence-corrected chi connectivity index (χ3v) is 5.72. The Labute approximate surface area is 110 Å². The van der Waals surface area contributed by atoms with E-state index in [2.05, 4.69) is 12.2 Å². The van der Waals surface area contributed by atoms with E-state index < -0.39 is 0 Å². The quantitative estimate of drug-likeness (QED) is 0.788. The Morgan fingerprint density at radius 1 is 1.11 bits per heavy atom. The maximum Gasteiger partial charge on any atom is 0.225 e. The van der Waals surface area contributed by atoms with Crippen LogP contribution in [0.25, 0.3) is 0 Å². The summed E-state index contributed by atoms with van der Waals surface area (Å²) in [5, 5.41) is 3.31. The highest BCUT2D eigenvalue weighted by Gasteiger charge is 2.49. The topological polar surface area (TPSA) is 55.1 Å². The maximum atomic E-state index is 12.5. The van der Waals surface area contributed by atoms with E-state index in [1.165, 1.54) is 38.5 Å². The van der Waals surface area contributed by atoms with Gasteiger partial charge in [0.2, 0.25) is 5.91 Å². The number of hydrogen-bond donors (Lipinski definition) is 2. The van der Waals surface area contributed by atoms with Crippen LogP contribution in [-0.2, 0) is 4.79 Å². The molecule has 102 valence electrons. The average Bonchev–Trinajstić information content (AvgIpc) is 2.92. The van der Waals surface area contributed by atoms with Crippen molar-refractivity contribution in [2.24, 2.45) is 29.4 Å². The van der Waals surface area contributed by atoms with Gasteiger partial charge in [0.25, 0.3) is 0 Å². The Morgan fingerprint density at radius 3 is 2.50 bits per heavy atom. The van der Waals surface area contributed by atoms with Gasteiger partial charge in [-0.15, -0.1) is 0 Å². The molecule has 3 rings (SSSR count). The lowest BCUT2D eigenvalue weighted by atomic mass is 9.82. The molecule has 3 saturated carbocycles. The van der Waals surface area contributed by atoms with Crippen molar-refractivity contribution in [3.05, 3.63) is 0 Å². The lowest BCUT2D eigenvalue weighted by molar-refractivity contribution is -0.128. The van der Waals surface area contributed by atoms with Gasteiger partial charge in [-0.05, 0) is 49.9 Å². The molecule has 3 heteroatoms. The lowest BCUT2D eigenvalue weighted by Gasteiger charge is -2.33. The third kappa shape index (κ3) is 2.07. The molecule has 0 aromatic heterocycles. The molecule has 0 saturated heterocycles. The molecular formula is C15H26N2O. The molecule has 6 atom stereocenters. The summed E-state index contributed by atoms with van der Waals surface area (Å²) in [6, 6.07) is 0.528. The number of amides is 1. The monoisotopic (exact) mass is 250 g/mol. The third-order valence-electron chi connectivity index (χ3n) is 5.72. The fourth-order valence-corrected chi connectivity index (χ4v) is 4.53. The van der Waals surface area contributed by atoms with Crippen LogP contribution in [0.15, 0.2) is 0 Å². The summed E-state index contributed by atoms with van der Waals surface area (Å²) >= 11 is 0. The van der Waals surface area contributed by atoms with E-state index in [4.69, 9.17) is 5.73 Å². The van der Waals surface area contributed by atoms with Gasteiger partial charge >= 0.3 is 0 Å². The summed E-state index contributed by atoms with van der Waals surface area (Å²) in [5.41, 5.74) is 6.24. The van der Waals surface area contributed by atoms with Gasteiger partial charge in [-0.1, -0.05) is 19.8 Å². The van der Waals surface area contributed by atoms with Gasteiger partial charge in [0.1, 0.15) is 0 Å². The standard InChI is InChI=1S/C15H26N2O/c1-9-4-2-3-5-12(9)17-15(18)13-10-6-7-11(8-10)14(13)16/h9-14H,2-8,16H2,1H3,(H,17,18). The van der Waals surface area contributed by atoms with Crippen molar-refractivity contribution >= 4 is 5.91 Å². The van der Waals surface area contributed by atoms with Gasteiger partial charge < -0.3 is 11.1 Å². The van der Waals surface area contributed by atoms with Crippen molar-refractivity contribution < 1.29 is 4.79 Å². The predicted molar refractivity (Wildman–Crippen MR) is 71.9 cm³/mol. The molecule has 0 aromatic rings. The number of rotatable bonds is 2. The maximum absolute atomic E-state index is 12.5. The lowest BCUT2D eigenvalue weighted by Crippen LogP contribution is -2.50. The second-order valence-corrected chi connectivity index (χ2v) is 6.81. The molecule has 3 aliphatic rings. The van der Waals surface area contributed by atoms with E-state index in [1.54, 1.807) is 0 Å². The number of fused-ring (bicyclic) bond motifs is 2. The molecule has 0 aromatic carbocycles. The molecule has 1 amide bonds. The van der Waals surface area contributed by atoms with Crippen molar-refractivity contribution in [1.82, 2.24) is 5.32 Å². The normalized spacial score (nSPS) is 47.2. The molecule has 3 aliphatic carbocycles. The van der Waals surface area contributed by atoms with Crippen LogP contribution >= 0.6 is 0 Å². The van der Waals surface area contributed by atoms with Gasteiger partial charge in [-0.3, -0.25) is 4.79 Å². The predicted octanol–water partition coefficient (Wildman–Crippen LogP) is 2.05. The summed E-state index contributed by atoms with van der Waals surface area (Å²) in [7, 11) is 0. The molecule has 2 bridgehead atoms. The smallest absolute Gasteiger partial charge is 0.225 e. The minimum Gasteiger partial charge on any atom is -0.353 e. The van der Waals surface area contributed by atoms with E-state index in [0.717, 1.165) is 6.42 Å². The highest BCUT2D eigenvalue weighted by Crippen LogP contribution is 2.47. The number of nitrogens with one attached hydrogen (secondary N) is 1. The first-order valence-electron chi connectivity index (χ1n) is 7.72. The van der Waals surface area contributed by atoms with Crippen molar-refractivity contribution in [1.29, 1.82) is 0 Å². The number of carbonyl (C=O) groups excluding carboxylic acids is 1. The van der Waals surface area contributed by atoms with Gasteiger partial charge in [-0.25, -0.2) is 0 Å². The van der Waals surface area contributed by atoms with Gasteiger partial charge in [0.05, 0.1) is 5.92 Å².